The van der Waals surface area contributed by atoms with Crippen LogP contribution in [0.1, 0.15) is 55.1 Å². The number of piperidine rings is 1. The number of hydrogen-bond donors (Lipinski definition) is 1. The van der Waals surface area contributed by atoms with E-state index in [4.69, 9.17) is 11.6 Å². The molecule has 6 heteroatoms. The number of halogens is 2. The van der Waals surface area contributed by atoms with Crippen molar-refractivity contribution in [2.45, 2.75) is 45.6 Å². The molecule has 1 aliphatic heterocycles. The molecule has 1 unspecified atom stereocenters. The number of nitrogens with zero attached hydrogens (tertiary/aromatic N) is 2. The van der Waals surface area contributed by atoms with Gasteiger partial charge in [0.25, 0.3) is 0 Å². The number of hydrogen-bond acceptors (Lipinski definition) is 3. The quantitative estimate of drug-likeness (QED) is 0.774. The monoisotopic (exact) mass is 404 g/mol. The van der Waals surface area contributed by atoms with E-state index in [1.807, 2.05) is 32.0 Å². The van der Waals surface area contributed by atoms with Crippen LogP contribution in [0, 0.1) is 11.7 Å². The van der Waals surface area contributed by atoms with E-state index in [0.717, 1.165) is 35.2 Å². The van der Waals surface area contributed by atoms with Gasteiger partial charge in [-0.2, -0.15) is 0 Å². The molecule has 0 spiro atoms. The zero-order chi connectivity index (χ0) is 20.3. The van der Waals surface area contributed by atoms with Crippen molar-refractivity contribution in [3.63, 3.8) is 0 Å². The lowest BCUT2D eigenvalue weighted by Crippen LogP contribution is -2.39. The van der Waals surface area contributed by atoms with Gasteiger partial charge in [0.1, 0.15) is 5.82 Å². The third-order valence-electron chi connectivity index (χ3n) is 5.53. The Balaban J connectivity index is 0.00000109. The molecule has 2 aliphatic rings. The van der Waals surface area contributed by atoms with Crippen LogP contribution in [0.5, 0.6) is 0 Å². The zero-order valence-corrected chi connectivity index (χ0v) is 17.0. The zero-order valence-electron chi connectivity index (χ0n) is 16.3. The Morgan fingerprint density at radius 3 is 2.54 bits per heavy atom. The predicted octanol–water partition coefficient (Wildman–Crippen LogP) is 4.88. The molecular formula is C22H26ClFN2O2. The third-order valence-corrected chi connectivity index (χ3v) is 5.77. The van der Waals surface area contributed by atoms with Crippen molar-refractivity contribution < 1.29 is 14.3 Å². The number of rotatable bonds is 2. The minimum absolute atomic E-state index is 0.0879. The predicted molar refractivity (Wildman–Crippen MR) is 108 cm³/mol. The molecule has 4 nitrogen and oxygen atoms in total. The van der Waals surface area contributed by atoms with Crippen LogP contribution in [0.2, 0.25) is 5.02 Å². The van der Waals surface area contributed by atoms with Crippen molar-refractivity contribution in [1.29, 1.82) is 0 Å². The number of aromatic nitrogens is 1. The summed E-state index contributed by atoms with van der Waals surface area (Å²) < 4.78 is 13.8. The van der Waals surface area contributed by atoms with E-state index in [-0.39, 0.29) is 17.8 Å². The lowest BCUT2D eigenvalue weighted by atomic mass is 9.91. The highest BCUT2D eigenvalue weighted by atomic mass is 35.5. The number of likely N-dealkylation sites (tertiary alicyclic amines) is 1. The lowest BCUT2D eigenvalue weighted by molar-refractivity contribution is -0.143. The van der Waals surface area contributed by atoms with Crippen LogP contribution < -0.4 is 0 Å². The van der Waals surface area contributed by atoms with Gasteiger partial charge in [-0.1, -0.05) is 31.5 Å². The topological polar surface area (TPSA) is 53.4 Å². The van der Waals surface area contributed by atoms with E-state index in [9.17, 15) is 14.3 Å². The molecule has 1 saturated heterocycles. The molecule has 1 fully saturated rings. The average molecular weight is 405 g/mol. The Labute approximate surface area is 170 Å². The van der Waals surface area contributed by atoms with Crippen molar-refractivity contribution in [2.24, 2.45) is 5.92 Å². The summed E-state index contributed by atoms with van der Waals surface area (Å²) in [6.07, 6.45) is 4.01. The van der Waals surface area contributed by atoms with Crippen molar-refractivity contribution in [3.05, 3.63) is 63.7 Å². The van der Waals surface area contributed by atoms with Gasteiger partial charge >= 0.3 is 5.97 Å². The standard InChI is InChI=1S/C20H20ClFN2O2.C2H6/c21-15-3-4-17-13(9-15)1-2-14-10-16(22)11-23-18(14)19(17)24-7-5-12(6-8-24)20(25)26;1-2/h3-4,9-12,19H,1-2,5-8H2,(H,25,26);1-2H3. The van der Waals surface area contributed by atoms with E-state index < -0.39 is 5.97 Å². The number of carboxylic acid groups (broad SMARTS) is 1. The van der Waals surface area contributed by atoms with Crippen molar-refractivity contribution in [1.82, 2.24) is 9.88 Å². The number of fused-ring (bicyclic) bond motifs is 2. The number of aliphatic carboxylic acids is 1. The molecule has 0 amide bonds. The van der Waals surface area contributed by atoms with Gasteiger partial charge < -0.3 is 5.11 Å². The Morgan fingerprint density at radius 1 is 1.18 bits per heavy atom. The molecule has 4 rings (SSSR count). The molecule has 0 bridgehead atoms. The third kappa shape index (κ3) is 4.20. The van der Waals surface area contributed by atoms with Crippen LogP contribution in [0.3, 0.4) is 0 Å². The van der Waals surface area contributed by atoms with E-state index in [1.165, 1.54) is 6.20 Å². The normalized spacial score (nSPS) is 19.6. The van der Waals surface area contributed by atoms with E-state index >= 15 is 0 Å². The summed E-state index contributed by atoms with van der Waals surface area (Å²) in [4.78, 5) is 18.0. The summed E-state index contributed by atoms with van der Waals surface area (Å²) in [7, 11) is 0. The number of carbonyl (C=O) groups is 1. The van der Waals surface area contributed by atoms with Gasteiger partial charge in [0.05, 0.1) is 23.9 Å². The molecule has 0 radical (unpaired) electrons. The molecule has 2 aromatic rings. The van der Waals surface area contributed by atoms with Gasteiger partial charge in [0.15, 0.2) is 0 Å². The second-order valence-corrected chi connectivity index (χ2v) is 7.53. The van der Waals surface area contributed by atoms with E-state index in [0.29, 0.717) is 31.0 Å². The number of benzene rings is 1. The second-order valence-electron chi connectivity index (χ2n) is 7.09. The van der Waals surface area contributed by atoms with Crippen LogP contribution in [0.25, 0.3) is 0 Å². The average Bonchev–Trinajstić information content (AvgIpc) is 2.86. The Bertz CT molecular complexity index is 797. The van der Waals surface area contributed by atoms with E-state index in [1.54, 1.807) is 6.07 Å². The SMILES string of the molecule is CC.O=C(O)C1CCN(C2c3ccc(Cl)cc3CCc3cc(F)cnc32)CC1. The highest BCUT2D eigenvalue weighted by Crippen LogP contribution is 2.38. The summed E-state index contributed by atoms with van der Waals surface area (Å²) in [6, 6.07) is 7.38. The number of aryl methyl sites for hydroxylation is 2. The van der Waals surface area contributed by atoms with Gasteiger partial charge in [-0.25, -0.2) is 4.39 Å². The fourth-order valence-electron chi connectivity index (χ4n) is 4.19. The van der Waals surface area contributed by atoms with Crippen molar-refractivity contribution >= 4 is 17.6 Å². The van der Waals surface area contributed by atoms with Crippen LogP contribution >= 0.6 is 11.6 Å². The maximum absolute atomic E-state index is 13.8. The largest absolute Gasteiger partial charge is 0.481 e. The highest BCUT2D eigenvalue weighted by Gasteiger charge is 2.34. The van der Waals surface area contributed by atoms with Crippen LogP contribution in [-0.2, 0) is 17.6 Å². The highest BCUT2D eigenvalue weighted by molar-refractivity contribution is 6.30. The summed E-state index contributed by atoms with van der Waals surface area (Å²) in [5.74, 6) is -1.34. The first kappa shape index (κ1) is 20.7. The molecule has 0 saturated carbocycles. The number of pyridine rings is 1. The first-order valence-electron chi connectivity index (χ1n) is 9.92. The summed E-state index contributed by atoms with van der Waals surface area (Å²) >= 11 is 6.20. The Morgan fingerprint density at radius 2 is 1.86 bits per heavy atom. The molecule has 1 aromatic carbocycles. The van der Waals surface area contributed by atoms with Gasteiger partial charge in [-0.3, -0.25) is 14.7 Å². The summed E-state index contributed by atoms with van der Waals surface area (Å²) in [5.41, 5.74) is 4.09. The molecular weight excluding hydrogens is 379 g/mol. The number of carboxylic acids is 1. The maximum Gasteiger partial charge on any atom is 0.306 e. The maximum atomic E-state index is 13.8. The summed E-state index contributed by atoms with van der Waals surface area (Å²) in [5, 5.41) is 9.96. The first-order chi connectivity index (χ1) is 13.5. The molecule has 1 atom stereocenters. The van der Waals surface area contributed by atoms with Crippen molar-refractivity contribution in [3.8, 4) is 0 Å². The van der Waals surface area contributed by atoms with Gasteiger partial charge in [-0.05, 0) is 73.7 Å². The molecule has 1 aromatic heterocycles. The summed E-state index contributed by atoms with van der Waals surface area (Å²) in [6.45, 7) is 5.37. The molecule has 150 valence electrons. The second kappa shape index (κ2) is 9.01. The minimum atomic E-state index is -0.724. The smallest absolute Gasteiger partial charge is 0.306 e. The molecule has 28 heavy (non-hydrogen) atoms. The fraction of sp³-hybridized carbons (Fsp3) is 0.455. The minimum Gasteiger partial charge on any atom is -0.481 e. The Kier molecular flexibility index (Phi) is 6.68. The van der Waals surface area contributed by atoms with Gasteiger partial charge in [-0.15, -0.1) is 0 Å². The van der Waals surface area contributed by atoms with Gasteiger partial charge in [0.2, 0.25) is 0 Å². The van der Waals surface area contributed by atoms with E-state index in [2.05, 4.69) is 9.88 Å². The van der Waals surface area contributed by atoms with Crippen LogP contribution in [0.15, 0.2) is 30.5 Å². The van der Waals surface area contributed by atoms with Crippen molar-refractivity contribution in [2.75, 3.05) is 13.1 Å². The lowest BCUT2D eigenvalue weighted by Gasteiger charge is -2.37. The van der Waals surface area contributed by atoms with Crippen LogP contribution in [0.4, 0.5) is 4.39 Å². The fourth-order valence-corrected chi connectivity index (χ4v) is 4.38. The molecule has 1 aliphatic carbocycles. The molecule has 2 heterocycles. The van der Waals surface area contributed by atoms with Crippen LogP contribution in [-0.4, -0.2) is 34.0 Å². The first-order valence-corrected chi connectivity index (χ1v) is 10.3. The van der Waals surface area contributed by atoms with Gasteiger partial charge in [0, 0.05) is 5.02 Å². The Hall–Kier alpha value is -1.98. The molecule has 1 N–H and O–H groups in total.